The first-order valence-electron chi connectivity index (χ1n) is 7.88. The molecule has 0 amide bonds. The molecule has 0 fully saturated rings. The van der Waals surface area contributed by atoms with Crippen molar-refractivity contribution in [1.29, 1.82) is 0 Å². The summed E-state index contributed by atoms with van der Waals surface area (Å²) in [4.78, 5) is 12.4. The number of nitrogens with two attached hydrogens (primary N) is 1. The fourth-order valence-corrected chi connectivity index (χ4v) is 2.62. The van der Waals surface area contributed by atoms with Crippen LogP contribution in [0.1, 0.15) is 20.8 Å². The summed E-state index contributed by atoms with van der Waals surface area (Å²) in [5.41, 5.74) is 6.89. The maximum Gasteiger partial charge on any atom is 0.435 e. The maximum atomic E-state index is 13.2. The predicted molar refractivity (Wildman–Crippen MR) is 100 cm³/mol. The molecular weight excluding hydrogens is 359 g/mol. The van der Waals surface area contributed by atoms with E-state index in [-0.39, 0.29) is 10.8 Å². The van der Waals surface area contributed by atoms with Crippen LogP contribution in [0.2, 0.25) is 5.02 Å². The van der Waals surface area contributed by atoms with Gasteiger partial charge in [0.2, 0.25) is 0 Å². The van der Waals surface area contributed by atoms with Crippen LogP contribution >= 0.6 is 11.6 Å². The summed E-state index contributed by atoms with van der Waals surface area (Å²) in [5, 5.41) is 8.01. The third kappa shape index (κ3) is 3.72. The first kappa shape index (κ1) is 18.0. The number of carbonyl (C=O) groups is 1. The Hall–Kier alpha value is -2.80. The number of nitrogens with one attached hydrogen (secondary N) is 1. The van der Waals surface area contributed by atoms with E-state index in [1.807, 2.05) is 0 Å². The van der Waals surface area contributed by atoms with Gasteiger partial charge in [0.15, 0.2) is 5.82 Å². The number of hydrogen-bond donors (Lipinski definition) is 2. The molecular formula is C18H18ClFN4O2. The number of rotatable bonds is 2. The van der Waals surface area contributed by atoms with Crippen molar-refractivity contribution in [3.8, 4) is 0 Å². The number of nitrogens with zero attached hydrogens (tertiary/aromatic N) is 2. The molecule has 0 saturated carbocycles. The van der Waals surface area contributed by atoms with Gasteiger partial charge >= 0.3 is 6.09 Å². The number of aromatic nitrogens is 2. The summed E-state index contributed by atoms with van der Waals surface area (Å²) in [6.45, 7) is 5.30. The van der Waals surface area contributed by atoms with Gasteiger partial charge in [-0.3, -0.25) is 0 Å². The number of halogens is 2. The lowest BCUT2D eigenvalue weighted by atomic mass is 10.2. The highest BCUT2D eigenvalue weighted by atomic mass is 35.5. The molecule has 0 atom stereocenters. The summed E-state index contributed by atoms with van der Waals surface area (Å²) < 4.78 is 19.7. The number of hydrogen-bond acceptors (Lipinski definition) is 5. The number of benzene rings is 2. The lowest BCUT2D eigenvalue weighted by Crippen LogP contribution is -2.27. The topological polar surface area (TPSA) is 82.2 Å². The zero-order valence-corrected chi connectivity index (χ0v) is 15.3. The molecule has 26 heavy (non-hydrogen) atoms. The van der Waals surface area contributed by atoms with Crippen molar-refractivity contribution in [2.45, 2.75) is 26.4 Å². The Morgan fingerprint density at radius 1 is 1.27 bits per heavy atom. The SMILES string of the molecule is CC(C)(C)OC(=O)n1nc(N)c2ccc(Nc3ccc(F)cc3Cl)cc21. The Bertz CT molecular complexity index is 995. The van der Waals surface area contributed by atoms with E-state index in [1.54, 1.807) is 39.0 Å². The molecule has 136 valence electrons. The zero-order valence-electron chi connectivity index (χ0n) is 14.5. The fraction of sp³-hybridized carbons (Fsp3) is 0.222. The van der Waals surface area contributed by atoms with Gasteiger partial charge < -0.3 is 15.8 Å². The van der Waals surface area contributed by atoms with Crippen molar-refractivity contribution in [2.24, 2.45) is 0 Å². The van der Waals surface area contributed by atoms with Gasteiger partial charge in [-0.2, -0.15) is 4.68 Å². The van der Waals surface area contributed by atoms with Gasteiger partial charge in [0.25, 0.3) is 0 Å². The highest BCUT2D eigenvalue weighted by molar-refractivity contribution is 6.33. The minimum Gasteiger partial charge on any atom is -0.442 e. The van der Waals surface area contributed by atoms with Crippen molar-refractivity contribution in [3.63, 3.8) is 0 Å². The van der Waals surface area contributed by atoms with Crippen LogP contribution in [0.5, 0.6) is 0 Å². The van der Waals surface area contributed by atoms with E-state index in [4.69, 9.17) is 22.1 Å². The summed E-state index contributed by atoms with van der Waals surface area (Å²) in [5.74, 6) is -0.205. The van der Waals surface area contributed by atoms with Crippen molar-refractivity contribution >= 4 is 45.8 Å². The Kier molecular flexibility index (Phi) is 4.50. The number of fused-ring (bicyclic) bond motifs is 1. The quantitative estimate of drug-likeness (QED) is 0.662. The van der Waals surface area contributed by atoms with Crippen LogP contribution in [-0.2, 0) is 4.74 Å². The van der Waals surface area contributed by atoms with Crippen LogP contribution in [0.25, 0.3) is 10.9 Å². The normalized spacial score (nSPS) is 11.6. The Morgan fingerprint density at radius 2 is 2.00 bits per heavy atom. The number of nitrogen functional groups attached to an aromatic ring is 1. The second-order valence-electron chi connectivity index (χ2n) is 6.76. The van der Waals surface area contributed by atoms with E-state index in [0.29, 0.717) is 22.3 Å². The molecule has 8 heteroatoms. The molecule has 3 rings (SSSR count). The van der Waals surface area contributed by atoms with Crippen LogP contribution < -0.4 is 11.1 Å². The molecule has 0 bridgehead atoms. The van der Waals surface area contributed by atoms with Crippen LogP contribution in [-0.4, -0.2) is 21.5 Å². The smallest absolute Gasteiger partial charge is 0.435 e. The van der Waals surface area contributed by atoms with E-state index in [1.165, 1.54) is 18.2 Å². The van der Waals surface area contributed by atoms with E-state index in [9.17, 15) is 9.18 Å². The molecule has 1 aromatic heterocycles. The highest BCUT2D eigenvalue weighted by Crippen LogP contribution is 2.29. The minimum absolute atomic E-state index is 0.220. The van der Waals surface area contributed by atoms with Gasteiger partial charge in [-0.05, 0) is 57.2 Å². The fourth-order valence-electron chi connectivity index (χ4n) is 2.41. The Morgan fingerprint density at radius 3 is 2.65 bits per heavy atom. The third-order valence-electron chi connectivity index (χ3n) is 3.49. The molecule has 6 nitrogen and oxygen atoms in total. The number of ether oxygens (including phenoxy) is 1. The Labute approximate surface area is 154 Å². The standard InChI is InChI=1S/C18H18ClFN4O2/c1-18(2,3)26-17(25)24-15-9-11(5-6-12(15)16(21)23-24)22-14-7-4-10(20)8-13(14)19/h4-9,22H,1-3H3,(H2,21,23). The molecule has 0 unspecified atom stereocenters. The van der Waals surface area contributed by atoms with Gasteiger partial charge in [0, 0.05) is 11.1 Å². The average molecular weight is 377 g/mol. The monoisotopic (exact) mass is 376 g/mol. The molecule has 1 heterocycles. The molecule has 3 aromatic rings. The van der Waals surface area contributed by atoms with Crippen LogP contribution in [0, 0.1) is 5.82 Å². The molecule has 3 N–H and O–H groups in total. The minimum atomic E-state index is -0.665. The average Bonchev–Trinajstić information content (AvgIpc) is 2.85. The number of carbonyl (C=O) groups excluding carboxylic acids is 1. The second-order valence-corrected chi connectivity index (χ2v) is 7.17. The second kappa shape index (κ2) is 6.49. The molecule has 0 aliphatic rings. The van der Waals surface area contributed by atoms with Crippen molar-refractivity contribution in [2.75, 3.05) is 11.1 Å². The van der Waals surface area contributed by atoms with Crippen LogP contribution in [0.15, 0.2) is 36.4 Å². The lowest BCUT2D eigenvalue weighted by Gasteiger charge is -2.19. The van der Waals surface area contributed by atoms with Gasteiger partial charge in [-0.25, -0.2) is 9.18 Å². The van der Waals surface area contributed by atoms with Gasteiger partial charge in [-0.1, -0.05) is 11.6 Å². The first-order valence-corrected chi connectivity index (χ1v) is 8.25. The maximum absolute atomic E-state index is 13.2. The van der Waals surface area contributed by atoms with Gasteiger partial charge in [0.05, 0.1) is 16.2 Å². The highest BCUT2D eigenvalue weighted by Gasteiger charge is 2.21. The lowest BCUT2D eigenvalue weighted by molar-refractivity contribution is 0.0523. The van der Waals surface area contributed by atoms with Crippen molar-refractivity contribution < 1.29 is 13.9 Å². The summed E-state index contributed by atoms with van der Waals surface area (Å²) in [7, 11) is 0. The predicted octanol–water partition coefficient (Wildman–Crippen LogP) is 4.94. The van der Waals surface area contributed by atoms with Crippen molar-refractivity contribution in [1.82, 2.24) is 9.78 Å². The molecule has 0 spiro atoms. The van der Waals surface area contributed by atoms with Crippen molar-refractivity contribution in [3.05, 3.63) is 47.2 Å². The summed E-state index contributed by atoms with van der Waals surface area (Å²) >= 11 is 6.04. The van der Waals surface area contributed by atoms with E-state index < -0.39 is 17.5 Å². The largest absolute Gasteiger partial charge is 0.442 e. The molecule has 0 saturated heterocycles. The molecule has 0 radical (unpaired) electrons. The molecule has 2 aromatic carbocycles. The van der Waals surface area contributed by atoms with Crippen LogP contribution in [0.4, 0.5) is 26.4 Å². The first-order chi connectivity index (χ1) is 12.1. The van der Waals surface area contributed by atoms with E-state index in [0.717, 1.165) is 4.68 Å². The zero-order chi connectivity index (χ0) is 19.1. The third-order valence-corrected chi connectivity index (χ3v) is 3.80. The number of anilines is 3. The van der Waals surface area contributed by atoms with Gasteiger partial charge in [-0.15, -0.1) is 5.10 Å². The van der Waals surface area contributed by atoms with E-state index in [2.05, 4.69) is 10.4 Å². The van der Waals surface area contributed by atoms with Crippen LogP contribution in [0.3, 0.4) is 0 Å². The molecule has 0 aliphatic carbocycles. The molecule has 0 aliphatic heterocycles. The Balaban J connectivity index is 1.99. The summed E-state index contributed by atoms with van der Waals surface area (Å²) in [6.07, 6.45) is -0.629. The van der Waals surface area contributed by atoms with Gasteiger partial charge in [0.1, 0.15) is 11.4 Å². The van der Waals surface area contributed by atoms with E-state index >= 15 is 0 Å². The summed E-state index contributed by atoms with van der Waals surface area (Å²) in [6, 6.07) is 9.24.